The number of fused-ring (bicyclic) bond motifs is 1. The molecule has 1 spiro atoms. The minimum Gasteiger partial charge on any atom is -0.497 e. The molecule has 3 fully saturated rings. The number of aliphatic hydroxyl groups excluding tert-OH is 1. The lowest BCUT2D eigenvalue weighted by Gasteiger charge is -2.39. The van der Waals surface area contributed by atoms with Gasteiger partial charge < -0.3 is 24.4 Å². The molecule has 1 aromatic rings. The van der Waals surface area contributed by atoms with Crippen molar-refractivity contribution in [3.05, 3.63) is 49.6 Å². The van der Waals surface area contributed by atoms with Crippen LogP contribution >= 0.6 is 11.8 Å². The average Bonchev–Trinajstić information content (AvgIpc) is 3.47. The molecule has 1 aromatic carbocycles. The van der Waals surface area contributed by atoms with Gasteiger partial charge in [0.25, 0.3) is 5.91 Å². The molecule has 200 valence electrons. The molecule has 2 unspecified atom stereocenters. The molecule has 8 nitrogen and oxygen atoms in total. The molecule has 2 bridgehead atoms. The molecule has 9 heteroatoms. The molecular weight excluding hydrogens is 492 g/mol. The summed E-state index contributed by atoms with van der Waals surface area (Å²) in [5, 5.41) is 10.2. The fraction of sp³-hybridized carbons (Fsp3) is 0.536. The molecule has 37 heavy (non-hydrogen) atoms. The van der Waals surface area contributed by atoms with Crippen molar-refractivity contribution < 1.29 is 29.0 Å². The Hall–Kier alpha value is -2.78. The number of hydrogen-bond acceptors (Lipinski definition) is 7. The second-order valence-corrected chi connectivity index (χ2v) is 12.0. The number of anilines is 1. The Morgan fingerprint density at radius 2 is 1.97 bits per heavy atom. The largest absolute Gasteiger partial charge is 0.497 e. The van der Waals surface area contributed by atoms with E-state index in [1.807, 2.05) is 13.8 Å². The Bertz CT molecular complexity index is 1070. The van der Waals surface area contributed by atoms with Crippen molar-refractivity contribution in [1.82, 2.24) is 4.90 Å². The number of rotatable bonds is 11. The van der Waals surface area contributed by atoms with Crippen LogP contribution in [-0.4, -0.2) is 76.2 Å². The summed E-state index contributed by atoms with van der Waals surface area (Å²) < 4.78 is 9.41. The first kappa shape index (κ1) is 27.3. The Kier molecular flexibility index (Phi) is 7.76. The highest BCUT2D eigenvalue weighted by Gasteiger charge is 2.78. The standard InChI is InChI=1S/C28H36N2O6S/c1-6-15-29(19-9-11-20(35-5)12-10-19)25(33)23-28-14-13-27(4,37-28)22(26(34)36-16-7-2)21(28)24(32)30(23)18(8-3)17-31/h6-7,9-12,18,21-23,31H,1-2,8,13-17H2,3-5H3/t18-,21-,22-,23?,27+,28?/m0/s1. The molecule has 2 amide bonds. The third-order valence-corrected chi connectivity index (χ3v) is 10.1. The zero-order chi connectivity index (χ0) is 27.0. The van der Waals surface area contributed by atoms with E-state index in [0.717, 1.165) is 0 Å². The van der Waals surface area contributed by atoms with E-state index in [1.165, 1.54) is 6.08 Å². The van der Waals surface area contributed by atoms with Crippen molar-refractivity contribution >= 4 is 35.2 Å². The Balaban J connectivity index is 1.81. The van der Waals surface area contributed by atoms with Gasteiger partial charge in [0.1, 0.15) is 18.4 Å². The highest BCUT2D eigenvalue weighted by atomic mass is 32.2. The summed E-state index contributed by atoms with van der Waals surface area (Å²) in [6, 6.07) is 5.78. The molecular formula is C28H36N2O6S. The maximum atomic E-state index is 14.5. The SMILES string of the molecule is C=CCOC(=O)[C@@H]1[C@H]2C(=O)N([C@@H](CC)CO)C(C(=O)N(CC=C)c3ccc(OC)cc3)C23CC[C@@]1(C)S3. The molecule has 3 saturated heterocycles. The minimum absolute atomic E-state index is 0.0644. The zero-order valence-electron chi connectivity index (χ0n) is 21.7. The number of nitrogens with zero attached hydrogens (tertiary/aromatic N) is 2. The molecule has 0 radical (unpaired) electrons. The first-order valence-electron chi connectivity index (χ1n) is 12.7. The lowest BCUT2D eigenvalue weighted by molar-refractivity contribution is -0.155. The lowest BCUT2D eigenvalue weighted by atomic mass is 9.66. The number of methoxy groups -OCH3 is 1. The van der Waals surface area contributed by atoms with Crippen LogP contribution < -0.4 is 9.64 Å². The van der Waals surface area contributed by atoms with Crippen LogP contribution in [0.4, 0.5) is 5.69 Å². The van der Waals surface area contributed by atoms with Crippen molar-refractivity contribution in [3.8, 4) is 5.75 Å². The second kappa shape index (κ2) is 10.5. The molecule has 0 aromatic heterocycles. The fourth-order valence-electron chi connectivity index (χ4n) is 6.40. The molecule has 3 aliphatic rings. The maximum Gasteiger partial charge on any atom is 0.311 e. The van der Waals surface area contributed by atoms with Crippen molar-refractivity contribution in [3.63, 3.8) is 0 Å². The van der Waals surface area contributed by atoms with Gasteiger partial charge in [-0.2, -0.15) is 0 Å². The van der Waals surface area contributed by atoms with Gasteiger partial charge in [-0.15, -0.1) is 18.3 Å². The van der Waals surface area contributed by atoms with Gasteiger partial charge in [-0.25, -0.2) is 0 Å². The number of aliphatic hydroxyl groups is 1. The number of carbonyl (C=O) groups is 3. The van der Waals surface area contributed by atoms with E-state index >= 15 is 0 Å². The summed E-state index contributed by atoms with van der Waals surface area (Å²) in [5.74, 6) is -1.66. The third kappa shape index (κ3) is 4.26. The fourth-order valence-corrected chi connectivity index (χ4v) is 8.73. The smallest absolute Gasteiger partial charge is 0.311 e. The zero-order valence-corrected chi connectivity index (χ0v) is 22.5. The topological polar surface area (TPSA) is 96.4 Å². The highest BCUT2D eigenvalue weighted by Crippen LogP contribution is 2.71. The monoisotopic (exact) mass is 528 g/mol. The maximum absolute atomic E-state index is 14.5. The number of thioether (sulfide) groups is 1. The van der Waals surface area contributed by atoms with E-state index in [-0.39, 0.29) is 31.6 Å². The molecule has 3 aliphatic heterocycles. The van der Waals surface area contributed by atoms with Crippen molar-refractivity contribution in [2.45, 2.75) is 54.7 Å². The van der Waals surface area contributed by atoms with Crippen molar-refractivity contribution in [2.75, 3.05) is 31.8 Å². The van der Waals surface area contributed by atoms with E-state index in [0.29, 0.717) is 30.7 Å². The van der Waals surface area contributed by atoms with Crippen LogP contribution in [0.25, 0.3) is 0 Å². The number of likely N-dealkylation sites (tertiary alicyclic amines) is 1. The summed E-state index contributed by atoms with van der Waals surface area (Å²) in [5.41, 5.74) is 0.653. The highest BCUT2D eigenvalue weighted by molar-refractivity contribution is 8.02. The van der Waals surface area contributed by atoms with Gasteiger partial charge in [-0.1, -0.05) is 25.7 Å². The van der Waals surface area contributed by atoms with Crippen LogP contribution in [0.5, 0.6) is 5.75 Å². The number of hydrogen-bond donors (Lipinski definition) is 1. The van der Waals surface area contributed by atoms with E-state index in [9.17, 15) is 19.5 Å². The predicted octanol–water partition coefficient (Wildman–Crippen LogP) is 3.20. The predicted molar refractivity (Wildman–Crippen MR) is 143 cm³/mol. The number of amides is 2. The average molecular weight is 529 g/mol. The summed E-state index contributed by atoms with van der Waals surface area (Å²) in [7, 11) is 1.58. The van der Waals surface area contributed by atoms with Crippen LogP contribution in [0.3, 0.4) is 0 Å². The Morgan fingerprint density at radius 3 is 2.54 bits per heavy atom. The first-order valence-corrected chi connectivity index (χ1v) is 13.5. The van der Waals surface area contributed by atoms with Gasteiger partial charge in [0.15, 0.2) is 0 Å². The van der Waals surface area contributed by atoms with Gasteiger partial charge in [-0.05, 0) is 50.5 Å². The third-order valence-electron chi connectivity index (χ3n) is 8.08. The van der Waals surface area contributed by atoms with Crippen LogP contribution in [0.2, 0.25) is 0 Å². The van der Waals surface area contributed by atoms with Crippen LogP contribution in [0.1, 0.15) is 33.1 Å². The first-order chi connectivity index (χ1) is 17.7. The van der Waals surface area contributed by atoms with E-state index < -0.39 is 39.4 Å². The Labute approximate surface area is 222 Å². The number of carbonyl (C=O) groups excluding carboxylic acids is 3. The quantitative estimate of drug-likeness (QED) is 0.348. The number of benzene rings is 1. The molecule has 6 atom stereocenters. The van der Waals surface area contributed by atoms with Crippen LogP contribution in [-0.2, 0) is 19.1 Å². The van der Waals surface area contributed by atoms with Crippen molar-refractivity contribution in [1.29, 1.82) is 0 Å². The van der Waals surface area contributed by atoms with Gasteiger partial charge in [-0.3, -0.25) is 14.4 Å². The lowest BCUT2D eigenvalue weighted by Crippen LogP contribution is -2.57. The number of ether oxygens (including phenoxy) is 2. The van der Waals surface area contributed by atoms with Crippen LogP contribution in [0.15, 0.2) is 49.6 Å². The van der Waals surface area contributed by atoms with E-state index in [2.05, 4.69) is 13.2 Å². The van der Waals surface area contributed by atoms with E-state index in [4.69, 9.17) is 9.47 Å². The second-order valence-electron chi connectivity index (χ2n) is 10.1. The summed E-state index contributed by atoms with van der Waals surface area (Å²) in [4.78, 5) is 45.1. The molecule has 1 N–H and O–H groups in total. The minimum atomic E-state index is -0.840. The molecule has 0 aliphatic carbocycles. The normalized spacial score (nSPS) is 30.5. The summed E-state index contributed by atoms with van der Waals surface area (Å²) >= 11 is 1.58. The molecule has 4 rings (SSSR count). The van der Waals surface area contributed by atoms with Gasteiger partial charge in [0, 0.05) is 17.0 Å². The van der Waals surface area contributed by atoms with Crippen LogP contribution in [0, 0.1) is 11.8 Å². The van der Waals surface area contributed by atoms with Gasteiger partial charge in [0.05, 0.1) is 36.3 Å². The van der Waals surface area contributed by atoms with Gasteiger partial charge in [0.2, 0.25) is 5.91 Å². The number of esters is 1. The molecule has 3 heterocycles. The van der Waals surface area contributed by atoms with E-state index in [1.54, 1.807) is 59.0 Å². The van der Waals surface area contributed by atoms with Gasteiger partial charge >= 0.3 is 5.97 Å². The molecule has 0 saturated carbocycles. The summed E-state index contributed by atoms with van der Waals surface area (Å²) in [6.45, 7) is 11.4. The Morgan fingerprint density at radius 1 is 1.27 bits per heavy atom. The van der Waals surface area contributed by atoms with Crippen molar-refractivity contribution in [2.24, 2.45) is 11.8 Å². The summed E-state index contributed by atoms with van der Waals surface area (Å²) in [6.07, 6.45) is 4.94.